The van der Waals surface area contributed by atoms with Crippen LogP contribution in [0, 0.1) is 0 Å². The van der Waals surface area contributed by atoms with Gasteiger partial charge in [-0.2, -0.15) is 0 Å². The van der Waals surface area contributed by atoms with Crippen molar-refractivity contribution in [3.05, 3.63) is 0 Å². The molecule has 0 spiro atoms. The van der Waals surface area contributed by atoms with E-state index in [1.54, 1.807) is 0 Å². The maximum atomic E-state index is 10.8. The molecular weight excluding hydrogens is 156 g/mol. The molecule has 0 unspecified atom stereocenters. The van der Waals surface area contributed by atoms with Crippen molar-refractivity contribution in [1.29, 1.82) is 0 Å². The minimum atomic E-state index is -0.176. The standard InChI is InChI=1S/C8H16N2O2/c1-4-10(5-2)6-8(9-12)7(3)11/h12H,4-6H2,1-3H3/b9-8-. The van der Waals surface area contributed by atoms with E-state index in [0.717, 1.165) is 13.1 Å². The van der Waals surface area contributed by atoms with Crippen LogP contribution >= 0.6 is 0 Å². The number of Topliss-reactive ketones (excluding diaryl/α,β-unsaturated/α-hetero) is 1. The number of rotatable bonds is 5. The molecule has 0 aliphatic heterocycles. The molecule has 0 aliphatic rings. The summed E-state index contributed by atoms with van der Waals surface area (Å²) in [5, 5.41) is 11.4. The Kier molecular flexibility index (Phi) is 5.28. The smallest absolute Gasteiger partial charge is 0.178 e. The Labute approximate surface area is 72.9 Å². The van der Waals surface area contributed by atoms with E-state index in [1.807, 2.05) is 18.7 Å². The van der Waals surface area contributed by atoms with E-state index in [-0.39, 0.29) is 11.5 Å². The highest BCUT2D eigenvalue weighted by atomic mass is 16.4. The van der Waals surface area contributed by atoms with Crippen molar-refractivity contribution in [1.82, 2.24) is 4.90 Å². The molecule has 0 rings (SSSR count). The predicted octanol–water partition coefficient (Wildman–Crippen LogP) is 0.747. The van der Waals surface area contributed by atoms with Crippen LogP contribution < -0.4 is 0 Å². The maximum Gasteiger partial charge on any atom is 0.178 e. The van der Waals surface area contributed by atoms with Crippen molar-refractivity contribution in [2.45, 2.75) is 20.8 Å². The first-order valence-electron chi connectivity index (χ1n) is 4.09. The first-order chi connectivity index (χ1) is 5.65. The summed E-state index contributed by atoms with van der Waals surface area (Å²) < 4.78 is 0. The van der Waals surface area contributed by atoms with Crippen molar-refractivity contribution in [3.63, 3.8) is 0 Å². The van der Waals surface area contributed by atoms with Gasteiger partial charge in [0.2, 0.25) is 0 Å². The highest BCUT2D eigenvalue weighted by molar-refractivity contribution is 6.39. The Bertz CT molecular complexity index is 174. The Hall–Kier alpha value is -0.900. The zero-order valence-corrected chi connectivity index (χ0v) is 7.87. The lowest BCUT2D eigenvalue weighted by molar-refractivity contribution is -0.111. The third kappa shape index (κ3) is 3.48. The van der Waals surface area contributed by atoms with Crippen LogP contribution in [0.5, 0.6) is 0 Å². The summed E-state index contributed by atoms with van der Waals surface area (Å²) >= 11 is 0. The van der Waals surface area contributed by atoms with Crippen LogP contribution in [0.15, 0.2) is 5.16 Å². The third-order valence-electron chi connectivity index (χ3n) is 1.79. The molecule has 0 aromatic heterocycles. The maximum absolute atomic E-state index is 10.8. The molecule has 0 aromatic carbocycles. The molecule has 0 aromatic rings. The second kappa shape index (κ2) is 5.71. The van der Waals surface area contributed by atoms with E-state index in [2.05, 4.69) is 5.16 Å². The highest BCUT2D eigenvalue weighted by Crippen LogP contribution is 1.90. The molecule has 1 N–H and O–H groups in total. The molecular formula is C8H16N2O2. The summed E-state index contributed by atoms with van der Waals surface area (Å²) in [6, 6.07) is 0. The van der Waals surface area contributed by atoms with Gasteiger partial charge in [-0.1, -0.05) is 19.0 Å². The average molecular weight is 172 g/mol. The second-order valence-electron chi connectivity index (χ2n) is 2.56. The average Bonchev–Trinajstić information content (AvgIpc) is 2.06. The molecule has 0 amide bonds. The normalized spacial score (nSPS) is 12.2. The molecule has 0 aliphatic carbocycles. The van der Waals surface area contributed by atoms with E-state index in [0.29, 0.717) is 6.54 Å². The third-order valence-corrected chi connectivity index (χ3v) is 1.79. The number of oxime groups is 1. The number of ketones is 1. The lowest BCUT2D eigenvalue weighted by Crippen LogP contribution is -2.32. The summed E-state index contributed by atoms with van der Waals surface area (Å²) in [6.45, 7) is 7.53. The molecule has 0 fully saturated rings. The minimum Gasteiger partial charge on any atom is -0.411 e. The summed E-state index contributed by atoms with van der Waals surface area (Å²) in [5.74, 6) is -0.176. The first-order valence-corrected chi connectivity index (χ1v) is 4.09. The number of hydrogen-bond donors (Lipinski definition) is 1. The predicted molar refractivity (Wildman–Crippen MR) is 47.7 cm³/mol. The quantitative estimate of drug-likeness (QED) is 0.378. The summed E-state index contributed by atoms with van der Waals surface area (Å²) in [7, 11) is 0. The van der Waals surface area contributed by atoms with Gasteiger partial charge >= 0.3 is 0 Å². The van der Waals surface area contributed by atoms with Crippen LogP contribution in [0.25, 0.3) is 0 Å². The monoisotopic (exact) mass is 172 g/mol. The zero-order valence-electron chi connectivity index (χ0n) is 7.87. The molecule has 12 heavy (non-hydrogen) atoms. The van der Waals surface area contributed by atoms with Gasteiger partial charge in [-0.3, -0.25) is 9.69 Å². The van der Waals surface area contributed by atoms with Gasteiger partial charge in [-0.05, 0) is 13.1 Å². The lowest BCUT2D eigenvalue weighted by Gasteiger charge is -2.16. The largest absolute Gasteiger partial charge is 0.411 e. The van der Waals surface area contributed by atoms with Gasteiger partial charge in [-0.15, -0.1) is 0 Å². The van der Waals surface area contributed by atoms with E-state index in [4.69, 9.17) is 5.21 Å². The van der Waals surface area contributed by atoms with Crippen molar-refractivity contribution < 1.29 is 10.0 Å². The number of carbonyl (C=O) groups excluding carboxylic acids is 1. The molecule has 4 nitrogen and oxygen atoms in total. The Morgan fingerprint density at radius 2 is 1.92 bits per heavy atom. The van der Waals surface area contributed by atoms with E-state index < -0.39 is 0 Å². The van der Waals surface area contributed by atoms with Crippen molar-refractivity contribution in [2.24, 2.45) is 5.16 Å². The van der Waals surface area contributed by atoms with Gasteiger partial charge in [0, 0.05) is 13.5 Å². The summed E-state index contributed by atoms with van der Waals surface area (Å²) in [4.78, 5) is 12.8. The van der Waals surface area contributed by atoms with E-state index >= 15 is 0 Å². The minimum absolute atomic E-state index is 0.176. The van der Waals surface area contributed by atoms with Gasteiger partial charge in [0.15, 0.2) is 5.78 Å². The van der Waals surface area contributed by atoms with Crippen LogP contribution in [-0.2, 0) is 4.79 Å². The van der Waals surface area contributed by atoms with Crippen LogP contribution in [0.2, 0.25) is 0 Å². The van der Waals surface area contributed by atoms with Gasteiger partial charge < -0.3 is 5.21 Å². The Morgan fingerprint density at radius 1 is 1.42 bits per heavy atom. The Morgan fingerprint density at radius 3 is 2.17 bits per heavy atom. The molecule has 0 heterocycles. The van der Waals surface area contributed by atoms with Crippen molar-refractivity contribution >= 4 is 11.5 Å². The highest BCUT2D eigenvalue weighted by Gasteiger charge is 2.09. The first kappa shape index (κ1) is 11.1. The number of nitrogens with zero attached hydrogens (tertiary/aromatic N) is 2. The molecule has 70 valence electrons. The number of hydrogen-bond acceptors (Lipinski definition) is 4. The fraction of sp³-hybridized carbons (Fsp3) is 0.750. The zero-order chi connectivity index (χ0) is 9.56. The summed E-state index contributed by atoms with van der Waals surface area (Å²) in [5.41, 5.74) is 0.221. The van der Waals surface area contributed by atoms with Crippen molar-refractivity contribution in [2.75, 3.05) is 19.6 Å². The molecule has 0 bridgehead atoms. The topological polar surface area (TPSA) is 52.9 Å². The molecule has 0 saturated heterocycles. The number of carbonyl (C=O) groups is 1. The van der Waals surface area contributed by atoms with Gasteiger partial charge in [0.25, 0.3) is 0 Å². The van der Waals surface area contributed by atoms with Crippen molar-refractivity contribution in [3.8, 4) is 0 Å². The van der Waals surface area contributed by atoms with E-state index in [1.165, 1.54) is 6.92 Å². The van der Waals surface area contributed by atoms with Crippen LogP contribution in [-0.4, -0.2) is 41.2 Å². The molecule has 4 heteroatoms. The molecule has 0 radical (unpaired) electrons. The van der Waals surface area contributed by atoms with Crippen LogP contribution in [0.4, 0.5) is 0 Å². The van der Waals surface area contributed by atoms with Gasteiger partial charge in [0.05, 0.1) is 0 Å². The van der Waals surface area contributed by atoms with E-state index in [9.17, 15) is 4.79 Å². The second-order valence-corrected chi connectivity index (χ2v) is 2.56. The van der Waals surface area contributed by atoms with Gasteiger partial charge in [0.1, 0.15) is 5.71 Å². The Balaban J connectivity index is 4.11. The van der Waals surface area contributed by atoms with Gasteiger partial charge in [-0.25, -0.2) is 0 Å². The SMILES string of the molecule is CCN(CC)C/C(=N/O)C(C)=O. The fourth-order valence-corrected chi connectivity index (χ4v) is 0.872. The summed E-state index contributed by atoms with van der Waals surface area (Å²) in [6.07, 6.45) is 0. The lowest BCUT2D eigenvalue weighted by atomic mass is 10.2. The van der Waals surface area contributed by atoms with Crippen LogP contribution in [0.1, 0.15) is 20.8 Å². The van der Waals surface area contributed by atoms with Crippen LogP contribution in [0.3, 0.4) is 0 Å². The molecule has 0 atom stereocenters. The fourth-order valence-electron chi connectivity index (χ4n) is 0.872. The molecule has 0 saturated carbocycles.